The molecule has 2 aliphatic rings. The number of ether oxygens (including phenoxy) is 3. The highest BCUT2D eigenvalue weighted by Crippen LogP contribution is 2.36. The molecule has 29 heavy (non-hydrogen) atoms. The molecule has 0 bridgehead atoms. The molecule has 0 aromatic carbocycles. The summed E-state index contributed by atoms with van der Waals surface area (Å²) in [5, 5.41) is 97.5. The summed E-state index contributed by atoms with van der Waals surface area (Å²) in [6, 6.07) is 0. The number of carboxylic acids is 1. The maximum atomic E-state index is 11.9. The molecule has 170 valence electrons. The van der Waals surface area contributed by atoms with Crippen molar-refractivity contribution < 1.29 is 70.1 Å². The van der Waals surface area contributed by atoms with Crippen LogP contribution in [0.1, 0.15) is 6.42 Å². The standard InChI is InChI=1S/C15H26O14/c16-2-5(19)8(21)11-7(20)4(18)1-15(28-11,14(25)26)29-12-9(22)6(3-17)27-13(24)10(12)23/h4-13,16-24H,1-3H2,(H,25,26)/t4-,5-,6?,7-,8-,9+,10?,11?,12?,13-,15+/m1/s1. The summed E-state index contributed by atoms with van der Waals surface area (Å²) in [5.74, 6) is -4.75. The number of hydrogen-bond donors (Lipinski definition) is 10. The molecule has 0 aromatic rings. The van der Waals surface area contributed by atoms with Gasteiger partial charge in [-0.1, -0.05) is 0 Å². The van der Waals surface area contributed by atoms with Crippen molar-refractivity contribution in [3.63, 3.8) is 0 Å². The Bertz CT molecular complexity index is 561. The van der Waals surface area contributed by atoms with Crippen LogP contribution in [-0.4, -0.2) is 137 Å². The lowest BCUT2D eigenvalue weighted by atomic mass is 9.90. The van der Waals surface area contributed by atoms with E-state index in [-0.39, 0.29) is 0 Å². The number of aliphatic carboxylic acids is 1. The Hall–Kier alpha value is -1.01. The van der Waals surface area contributed by atoms with Crippen LogP contribution in [0.25, 0.3) is 0 Å². The fraction of sp³-hybridized carbons (Fsp3) is 0.933. The third-order valence-electron chi connectivity index (χ3n) is 4.95. The second kappa shape index (κ2) is 9.42. The Morgan fingerprint density at radius 1 is 1.07 bits per heavy atom. The molecular weight excluding hydrogens is 404 g/mol. The molecule has 2 rings (SSSR count). The van der Waals surface area contributed by atoms with Gasteiger partial charge in [0.15, 0.2) is 6.29 Å². The van der Waals surface area contributed by atoms with Crippen LogP contribution >= 0.6 is 0 Å². The zero-order valence-corrected chi connectivity index (χ0v) is 15.0. The summed E-state index contributed by atoms with van der Waals surface area (Å²) >= 11 is 0. The Morgan fingerprint density at radius 2 is 1.69 bits per heavy atom. The molecule has 2 aliphatic heterocycles. The summed E-state index contributed by atoms with van der Waals surface area (Å²) in [7, 11) is 0. The lowest BCUT2D eigenvalue weighted by Gasteiger charge is -2.48. The van der Waals surface area contributed by atoms with Gasteiger partial charge in [0.1, 0.15) is 48.8 Å². The number of carbonyl (C=O) groups is 1. The van der Waals surface area contributed by atoms with Gasteiger partial charge in [-0.2, -0.15) is 0 Å². The van der Waals surface area contributed by atoms with E-state index in [1.165, 1.54) is 0 Å². The molecule has 2 saturated heterocycles. The average molecular weight is 430 g/mol. The van der Waals surface area contributed by atoms with Gasteiger partial charge >= 0.3 is 5.97 Å². The highest BCUT2D eigenvalue weighted by Gasteiger charge is 2.58. The van der Waals surface area contributed by atoms with Crippen LogP contribution in [0.3, 0.4) is 0 Å². The van der Waals surface area contributed by atoms with E-state index in [9.17, 15) is 50.8 Å². The van der Waals surface area contributed by atoms with Crippen molar-refractivity contribution in [2.45, 2.75) is 73.4 Å². The molecule has 2 heterocycles. The smallest absolute Gasteiger partial charge is 0.364 e. The normalized spacial score (nSPS) is 45.6. The van der Waals surface area contributed by atoms with Crippen LogP contribution < -0.4 is 0 Å². The predicted molar refractivity (Wildman–Crippen MR) is 85.8 cm³/mol. The summed E-state index contributed by atoms with van der Waals surface area (Å²) < 4.78 is 15.1. The minimum Gasteiger partial charge on any atom is -0.477 e. The zero-order chi connectivity index (χ0) is 22.1. The monoisotopic (exact) mass is 430 g/mol. The van der Waals surface area contributed by atoms with E-state index in [2.05, 4.69) is 0 Å². The zero-order valence-electron chi connectivity index (χ0n) is 15.0. The van der Waals surface area contributed by atoms with Crippen LogP contribution in [0, 0.1) is 0 Å². The van der Waals surface area contributed by atoms with Gasteiger partial charge in [0.2, 0.25) is 0 Å². The second-order valence-electron chi connectivity index (χ2n) is 6.95. The fourth-order valence-electron chi connectivity index (χ4n) is 3.24. The second-order valence-corrected chi connectivity index (χ2v) is 6.95. The number of hydrogen-bond acceptors (Lipinski definition) is 13. The minimum atomic E-state index is -2.86. The van der Waals surface area contributed by atoms with Crippen molar-refractivity contribution in [3.05, 3.63) is 0 Å². The van der Waals surface area contributed by atoms with Crippen LogP contribution in [0.5, 0.6) is 0 Å². The number of aliphatic hydroxyl groups is 9. The molecule has 14 nitrogen and oxygen atoms in total. The highest BCUT2D eigenvalue weighted by molar-refractivity contribution is 5.76. The molecule has 4 unspecified atom stereocenters. The van der Waals surface area contributed by atoms with Crippen LogP contribution in [0.2, 0.25) is 0 Å². The summed E-state index contributed by atoms with van der Waals surface area (Å²) in [6.07, 6.45) is -19.7. The van der Waals surface area contributed by atoms with E-state index in [0.29, 0.717) is 0 Å². The van der Waals surface area contributed by atoms with Gasteiger partial charge in [0, 0.05) is 6.42 Å². The maximum absolute atomic E-state index is 11.9. The molecule has 11 atom stereocenters. The average Bonchev–Trinajstić information content (AvgIpc) is 2.69. The number of aliphatic hydroxyl groups excluding tert-OH is 9. The van der Waals surface area contributed by atoms with E-state index in [1.54, 1.807) is 0 Å². The highest BCUT2D eigenvalue weighted by atomic mass is 16.7. The minimum absolute atomic E-state index is 0.822. The van der Waals surface area contributed by atoms with Gasteiger partial charge in [-0.15, -0.1) is 0 Å². The van der Waals surface area contributed by atoms with E-state index in [1.807, 2.05) is 0 Å². The molecule has 10 N–H and O–H groups in total. The van der Waals surface area contributed by atoms with Gasteiger partial charge in [0.05, 0.1) is 19.3 Å². The van der Waals surface area contributed by atoms with Crippen LogP contribution in [0.4, 0.5) is 0 Å². The van der Waals surface area contributed by atoms with Gasteiger partial charge in [0.25, 0.3) is 5.79 Å². The molecule has 2 fully saturated rings. The number of carboxylic acid groups (broad SMARTS) is 1. The predicted octanol–water partition coefficient (Wildman–Crippen LogP) is -6.19. The first-order chi connectivity index (χ1) is 13.5. The van der Waals surface area contributed by atoms with Crippen molar-refractivity contribution in [2.75, 3.05) is 13.2 Å². The van der Waals surface area contributed by atoms with Gasteiger partial charge in [-0.25, -0.2) is 4.79 Å². The Balaban J connectivity index is 2.35. The molecule has 14 heteroatoms. The first kappa shape index (κ1) is 24.3. The third-order valence-corrected chi connectivity index (χ3v) is 4.95. The molecule has 0 aromatic heterocycles. The number of rotatable bonds is 7. The summed E-state index contributed by atoms with van der Waals surface area (Å²) in [4.78, 5) is 11.9. The lowest BCUT2D eigenvalue weighted by Crippen LogP contribution is -2.68. The fourth-order valence-corrected chi connectivity index (χ4v) is 3.24. The molecule has 0 amide bonds. The van der Waals surface area contributed by atoms with E-state index >= 15 is 0 Å². The maximum Gasteiger partial charge on any atom is 0.364 e. The molecule has 0 radical (unpaired) electrons. The quantitative estimate of drug-likeness (QED) is 0.180. The first-order valence-electron chi connectivity index (χ1n) is 8.71. The van der Waals surface area contributed by atoms with Gasteiger partial charge in [-0.05, 0) is 0 Å². The summed E-state index contributed by atoms with van der Waals surface area (Å²) in [6.45, 7) is -1.80. The van der Waals surface area contributed by atoms with Crippen molar-refractivity contribution in [2.24, 2.45) is 0 Å². The largest absolute Gasteiger partial charge is 0.477 e. The van der Waals surface area contributed by atoms with E-state index < -0.39 is 92.6 Å². The van der Waals surface area contributed by atoms with Crippen LogP contribution in [-0.2, 0) is 19.0 Å². The van der Waals surface area contributed by atoms with E-state index in [4.69, 9.17) is 19.3 Å². The van der Waals surface area contributed by atoms with Crippen molar-refractivity contribution in [1.29, 1.82) is 0 Å². The van der Waals surface area contributed by atoms with Crippen molar-refractivity contribution in [1.82, 2.24) is 0 Å². The molecular formula is C15H26O14. The molecule has 0 spiro atoms. The SMILES string of the molecule is O=C(O)[C@@]1(OC2C(O)[C@H](O)OC(CO)[C@@H]2O)C[C@@H](O)[C@@H](O)C([C@H](O)[C@H](O)CO)O1. The first-order valence-corrected chi connectivity index (χ1v) is 8.71. The third kappa shape index (κ3) is 4.68. The topological polar surface area (TPSA) is 247 Å². The molecule has 0 aliphatic carbocycles. The Labute approximate surface area is 163 Å². The Kier molecular flexibility index (Phi) is 7.88. The summed E-state index contributed by atoms with van der Waals surface area (Å²) in [5.41, 5.74) is 0. The van der Waals surface area contributed by atoms with E-state index in [0.717, 1.165) is 0 Å². The lowest BCUT2D eigenvalue weighted by molar-refractivity contribution is -0.373. The molecule has 0 saturated carbocycles. The van der Waals surface area contributed by atoms with Gasteiger partial charge in [-0.3, -0.25) is 0 Å². The van der Waals surface area contributed by atoms with Crippen molar-refractivity contribution >= 4 is 5.97 Å². The van der Waals surface area contributed by atoms with Crippen LogP contribution in [0.15, 0.2) is 0 Å². The van der Waals surface area contributed by atoms with Crippen molar-refractivity contribution in [3.8, 4) is 0 Å². The Morgan fingerprint density at radius 3 is 2.21 bits per heavy atom. The van der Waals surface area contributed by atoms with Gasteiger partial charge < -0.3 is 65.3 Å².